The summed E-state index contributed by atoms with van der Waals surface area (Å²) < 4.78 is 52.5. The van der Waals surface area contributed by atoms with E-state index in [9.17, 15) is 17.6 Å². The van der Waals surface area contributed by atoms with E-state index in [-0.39, 0.29) is 43.4 Å². The molecule has 5 rings (SSSR count). The lowest BCUT2D eigenvalue weighted by Gasteiger charge is -2.31. The average Bonchev–Trinajstić information content (AvgIpc) is 3.40. The van der Waals surface area contributed by atoms with Gasteiger partial charge in [-0.25, -0.2) is 27.3 Å². The van der Waals surface area contributed by atoms with Crippen LogP contribution in [0.1, 0.15) is 30.0 Å². The summed E-state index contributed by atoms with van der Waals surface area (Å²) in [5.74, 6) is -0.612. The first-order valence-corrected chi connectivity index (χ1v) is 13.8. The summed E-state index contributed by atoms with van der Waals surface area (Å²) in [6.07, 6.45) is 1.88. The number of ether oxygens (including phenoxy) is 2. The van der Waals surface area contributed by atoms with Gasteiger partial charge in [0, 0.05) is 46.9 Å². The number of rotatable bonds is 7. The predicted molar refractivity (Wildman–Crippen MR) is 128 cm³/mol. The number of aliphatic imine (C=N–C) groups is 1. The minimum atomic E-state index is -3.60. The van der Waals surface area contributed by atoms with Crippen LogP contribution in [0.4, 0.5) is 4.39 Å². The fourth-order valence-electron chi connectivity index (χ4n) is 4.31. The van der Waals surface area contributed by atoms with Crippen LogP contribution < -0.4 is 4.72 Å². The summed E-state index contributed by atoms with van der Waals surface area (Å²) in [4.78, 5) is 24.2. The minimum absolute atomic E-state index is 0.119. The van der Waals surface area contributed by atoms with Crippen LogP contribution in [0.15, 0.2) is 46.0 Å². The van der Waals surface area contributed by atoms with Gasteiger partial charge in [-0.15, -0.1) is 11.3 Å². The second kappa shape index (κ2) is 9.58. The van der Waals surface area contributed by atoms with Gasteiger partial charge in [0.25, 0.3) is 0 Å². The molecule has 2 aromatic rings. The topological polar surface area (TPSA) is 110 Å². The van der Waals surface area contributed by atoms with Crippen LogP contribution >= 0.6 is 22.9 Å². The lowest BCUT2D eigenvalue weighted by atomic mass is 9.94. The summed E-state index contributed by atoms with van der Waals surface area (Å²) in [5.41, 5.74) is 1.26. The Hall–Kier alpha value is -2.38. The van der Waals surface area contributed by atoms with E-state index in [2.05, 4.69) is 9.71 Å². The van der Waals surface area contributed by atoms with Gasteiger partial charge >= 0.3 is 5.97 Å². The van der Waals surface area contributed by atoms with E-state index in [1.807, 2.05) is 4.90 Å². The van der Waals surface area contributed by atoms with Crippen molar-refractivity contribution in [1.82, 2.24) is 14.6 Å². The zero-order chi connectivity index (χ0) is 24.7. The normalized spacial score (nSPS) is 22.6. The Morgan fingerprint density at radius 3 is 2.83 bits per heavy atom. The molecule has 2 saturated heterocycles. The monoisotopic (exact) mass is 540 g/mol. The van der Waals surface area contributed by atoms with E-state index in [1.54, 1.807) is 18.5 Å². The van der Waals surface area contributed by atoms with Crippen molar-refractivity contribution in [3.63, 3.8) is 0 Å². The lowest BCUT2D eigenvalue weighted by molar-refractivity contribution is -0.139. The summed E-state index contributed by atoms with van der Waals surface area (Å²) in [5, 5.41) is 1.92. The number of hydrogen-bond donors (Lipinski definition) is 1. The van der Waals surface area contributed by atoms with Gasteiger partial charge in [-0.3, -0.25) is 4.99 Å². The molecule has 0 aliphatic carbocycles. The Morgan fingerprint density at radius 1 is 1.40 bits per heavy atom. The first-order chi connectivity index (χ1) is 16.8. The maximum atomic E-state index is 13.8. The lowest BCUT2D eigenvalue weighted by Crippen LogP contribution is -2.50. The van der Waals surface area contributed by atoms with Crippen LogP contribution in [0.5, 0.6) is 0 Å². The number of halogens is 2. The third-order valence-corrected chi connectivity index (χ3v) is 8.92. The molecule has 0 radical (unpaired) electrons. The van der Waals surface area contributed by atoms with Gasteiger partial charge in [0.15, 0.2) is 10.8 Å². The van der Waals surface area contributed by atoms with E-state index in [0.717, 1.165) is 0 Å². The van der Waals surface area contributed by atoms with Crippen molar-refractivity contribution in [1.29, 1.82) is 0 Å². The molecule has 0 unspecified atom stereocenters. The summed E-state index contributed by atoms with van der Waals surface area (Å²) >= 11 is 7.75. The van der Waals surface area contributed by atoms with Crippen LogP contribution in [0, 0.1) is 5.82 Å². The number of thiazole rings is 1. The Bertz CT molecular complexity index is 1310. The SMILES string of the molecule is CCOC(=O)C1=C2C[C@H](NS(=O)(=O)C3COC3)CN2C(c2nccs2)=N[C@H]1c1ccc(F)cc1Cl. The number of nitrogens with zero attached hydrogens (tertiary/aromatic N) is 3. The van der Waals surface area contributed by atoms with E-state index >= 15 is 0 Å². The van der Waals surface area contributed by atoms with Crippen molar-refractivity contribution < 1.29 is 27.1 Å². The smallest absolute Gasteiger partial charge is 0.338 e. The number of fused-ring (bicyclic) bond motifs is 1. The number of esters is 1. The number of aromatic nitrogens is 1. The molecule has 9 nitrogen and oxygen atoms in total. The Kier molecular flexibility index (Phi) is 6.66. The highest BCUT2D eigenvalue weighted by Crippen LogP contribution is 2.42. The van der Waals surface area contributed by atoms with Gasteiger partial charge in [-0.05, 0) is 19.1 Å². The van der Waals surface area contributed by atoms with Crippen LogP contribution in [-0.4, -0.2) is 67.8 Å². The molecule has 2 fully saturated rings. The number of sulfonamides is 1. The van der Waals surface area contributed by atoms with E-state index < -0.39 is 39.1 Å². The molecule has 4 heterocycles. The fraction of sp³-hybridized carbons (Fsp3) is 0.409. The Morgan fingerprint density at radius 2 is 2.20 bits per heavy atom. The number of hydrogen-bond acceptors (Lipinski definition) is 9. The molecule has 186 valence electrons. The van der Waals surface area contributed by atoms with Crippen LogP contribution in [-0.2, 0) is 24.3 Å². The molecule has 0 amide bonds. The molecule has 0 saturated carbocycles. The van der Waals surface area contributed by atoms with Crippen LogP contribution in [0.2, 0.25) is 5.02 Å². The van der Waals surface area contributed by atoms with Crippen molar-refractivity contribution in [2.24, 2.45) is 4.99 Å². The third kappa shape index (κ3) is 4.60. The van der Waals surface area contributed by atoms with E-state index in [0.29, 0.717) is 22.1 Å². The number of carbonyl (C=O) groups is 1. The molecule has 13 heteroatoms. The molecule has 0 bridgehead atoms. The maximum absolute atomic E-state index is 13.8. The van der Waals surface area contributed by atoms with Crippen molar-refractivity contribution in [3.8, 4) is 0 Å². The van der Waals surface area contributed by atoms with Gasteiger partial charge < -0.3 is 14.4 Å². The molecule has 1 aromatic carbocycles. The van der Waals surface area contributed by atoms with Gasteiger partial charge in [-0.2, -0.15) is 0 Å². The third-order valence-electron chi connectivity index (χ3n) is 6.01. The van der Waals surface area contributed by atoms with E-state index in [1.165, 1.54) is 29.5 Å². The second-order valence-corrected chi connectivity index (χ2v) is 11.6. The zero-order valence-electron chi connectivity index (χ0n) is 18.6. The Balaban J connectivity index is 1.60. The van der Waals surface area contributed by atoms with Gasteiger partial charge in [0.05, 0.1) is 25.4 Å². The van der Waals surface area contributed by atoms with Crippen LogP contribution in [0.25, 0.3) is 0 Å². The molecule has 2 atom stereocenters. The largest absolute Gasteiger partial charge is 0.463 e. The summed E-state index contributed by atoms with van der Waals surface area (Å²) in [7, 11) is -3.60. The quantitative estimate of drug-likeness (QED) is 0.538. The van der Waals surface area contributed by atoms with Crippen molar-refractivity contribution in [3.05, 3.63) is 62.5 Å². The van der Waals surface area contributed by atoms with Crippen LogP contribution in [0.3, 0.4) is 0 Å². The fourth-order valence-corrected chi connectivity index (χ4v) is 6.59. The summed E-state index contributed by atoms with van der Waals surface area (Å²) in [6, 6.07) is 2.54. The maximum Gasteiger partial charge on any atom is 0.338 e. The molecule has 1 N–H and O–H groups in total. The number of carbonyl (C=O) groups excluding carboxylic acids is 1. The van der Waals surface area contributed by atoms with E-state index in [4.69, 9.17) is 26.1 Å². The molecular formula is C22H22ClFN4O5S2. The zero-order valence-corrected chi connectivity index (χ0v) is 21.0. The second-order valence-electron chi connectivity index (χ2n) is 8.27. The highest BCUT2D eigenvalue weighted by Gasteiger charge is 2.44. The van der Waals surface area contributed by atoms with Crippen molar-refractivity contribution >= 4 is 44.8 Å². The molecule has 1 aromatic heterocycles. The average molecular weight is 541 g/mol. The number of amidine groups is 1. The minimum Gasteiger partial charge on any atom is -0.463 e. The van der Waals surface area contributed by atoms with Crippen molar-refractivity contribution in [2.45, 2.75) is 30.7 Å². The molecule has 35 heavy (non-hydrogen) atoms. The predicted octanol–water partition coefficient (Wildman–Crippen LogP) is 2.65. The highest BCUT2D eigenvalue weighted by molar-refractivity contribution is 7.90. The molecule has 0 spiro atoms. The standard InChI is InChI=1S/C22H22ClFN4O5S2/c1-2-33-22(29)18-17-8-13(27-35(30,31)14-10-32-11-14)9-28(17)20(21-25-5-6-34-21)26-19(18)15-4-3-12(24)7-16(15)23/h3-7,13-14,19,27H,2,8-11H2,1H3/t13-,19-/m0/s1. The van der Waals surface area contributed by atoms with Gasteiger partial charge in [0.2, 0.25) is 10.0 Å². The summed E-state index contributed by atoms with van der Waals surface area (Å²) in [6.45, 7) is 2.40. The van der Waals surface area contributed by atoms with Crippen molar-refractivity contribution in [2.75, 3.05) is 26.4 Å². The highest BCUT2D eigenvalue weighted by atomic mass is 35.5. The first kappa shape index (κ1) is 24.3. The molecule has 3 aliphatic heterocycles. The first-order valence-electron chi connectivity index (χ1n) is 11.0. The number of nitrogens with one attached hydrogen (secondary N) is 1. The van der Waals surface area contributed by atoms with Gasteiger partial charge in [-0.1, -0.05) is 17.7 Å². The molecular weight excluding hydrogens is 519 g/mol. The number of benzene rings is 1. The molecule has 3 aliphatic rings. The van der Waals surface area contributed by atoms with Gasteiger partial charge in [0.1, 0.15) is 17.1 Å². The Labute approximate surface area is 210 Å².